The molecule has 40 heavy (non-hydrogen) atoms. The van der Waals surface area contributed by atoms with Crippen molar-refractivity contribution >= 4 is 28.2 Å². The average Bonchev–Trinajstić information content (AvgIpc) is 2.93. The molecule has 0 bridgehead atoms. The predicted octanol–water partition coefficient (Wildman–Crippen LogP) is 5.30. The highest BCUT2D eigenvalue weighted by atomic mass is 35.5. The van der Waals surface area contributed by atoms with Gasteiger partial charge in [0.25, 0.3) is 0 Å². The first-order chi connectivity index (χ1) is 19.6. The molecule has 10 heteroatoms. The summed E-state index contributed by atoms with van der Waals surface area (Å²) in [6, 6.07) is 10.9. The van der Waals surface area contributed by atoms with Crippen molar-refractivity contribution in [2.45, 2.75) is 38.8 Å². The Kier molecular flexibility index (Phi) is 11.9. The van der Waals surface area contributed by atoms with Crippen LogP contribution in [0.5, 0.6) is 23.0 Å². The van der Waals surface area contributed by atoms with Crippen LogP contribution in [0, 0.1) is 0 Å². The smallest absolute Gasteiger partial charge is 0.163 e. The fourth-order valence-corrected chi connectivity index (χ4v) is 4.85. The second kappa shape index (κ2) is 15.8. The van der Waals surface area contributed by atoms with Crippen molar-refractivity contribution in [1.82, 2.24) is 15.2 Å². The van der Waals surface area contributed by atoms with Crippen LogP contribution >= 0.6 is 11.6 Å². The van der Waals surface area contributed by atoms with E-state index in [2.05, 4.69) is 27.4 Å². The molecular formula is C30H41ClN4O5. The van der Waals surface area contributed by atoms with Crippen molar-refractivity contribution in [3.8, 4) is 23.0 Å². The Morgan fingerprint density at radius 2 is 1.93 bits per heavy atom. The van der Waals surface area contributed by atoms with Crippen molar-refractivity contribution in [3.63, 3.8) is 0 Å². The van der Waals surface area contributed by atoms with E-state index in [0.29, 0.717) is 46.9 Å². The average molecular weight is 573 g/mol. The molecule has 4 rings (SSSR count). The Bertz CT molecular complexity index is 1210. The Morgan fingerprint density at radius 3 is 2.67 bits per heavy atom. The molecule has 1 saturated heterocycles. The third-order valence-electron chi connectivity index (χ3n) is 6.64. The van der Waals surface area contributed by atoms with E-state index in [1.54, 1.807) is 37.6 Å². The minimum absolute atomic E-state index is 0.424. The van der Waals surface area contributed by atoms with Gasteiger partial charge < -0.3 is 39.6 Å². The van der Waals surface area contributed by atoms with Gasteiger partial charge in [-0.15, -0.1) is 0 Å². The molecule has 1 aromatic heterocycles. The van der Waals surface area contributed by atoms with Crippen LogP contribution in [0.3, 0.4) is 0 Å². The van der Waals surface area contributed by atoms with Gasteiger partial charge in [-0.2, -0.15) is 0 Å². The molecule has 2 heterocycles. The number of hydrogen-bond acceptors (Lipinski definition) is 9. The number of fused-ring (bicyclic) bond motifs is 1. The maximum Gasteiger partial charge on any atom is 0.163 e. The SMILES string of the molecule is CCCNCC(O)Nc1ccc(Oc2ccnc3cc(OCCCN4CCCOCCC4)c(OC)cc23)cc1Cl. The molecule has 2 aromatic carbocycles. The lowest BCUT2D eigenvalue weighted by Crippen LogP contribution is -2.33. The lowest BCUT2D eigenvalue weighted by atomic mass is 10.1. The van der Waals surface area contributed by atoms with Crippen molar-refractivity contribution in [1.29, 1.82) is 0 Å². The molecule has 0 radical (unpaired) electrons. The van der Waals surface area contributed by atoms with Gasteiger partial charge in [0.2, 0.25) is 0 Å². The monoisotopic (exact) mass is 572 g/mol. The summed E-state index contributed by atoms with van der Waals surface area (Å²) in [4.78, 5) is 7.01. The van der Waals surface area contributed by atoms with Gasteiger partial charge in [0.15, 0.2) is 11.5 Å². The van der Waals surface area contributed by atoms with Crippen molar-refractivity contribution in [2.75, 3.05) is 65.0 Å². The van der Waals surface area contributed by atoms with Crippen LogP contribution < -0.4 is 24.8 Å². The number of aliphatic hydroxyl groups is 1. The van der Waals surface area contributed by atoms with Crippen LogP contribution in [0.2, 0.25) is 5.02 Å². The second-order valence-corrected chi connectivity index (χ2v) is 10.2. The topological polar surface area (TPSA) is 97.3 Å². The minimum Gasteiger partial charge on any atom is -0.493 e. The Labute approximate surface area is 241 Å². The molecule has 0 aliphatic carbocycles. The van der Waals surface area contributed by atoms with E-state index in [1.807, 2.05) is 12.1 Å². The standard InChI is InChI=1S/C30H41ClN4O5/c1-3-10-32-21-30(36)34-25-8-7-22(18-24(25)31)40-27-9-11-33-26-20-29(28(37-2)19-23(26)27)39-17-6-14-35-12-4-15-38-16-5-13-35/h7-9,11,18-20,30,32,34,36H,3-6,10,12-17,21H2,1-2H3. The normalized spacial score (nSPS) is 15.3. The van der Waals surface area contributed by atoms with Gasteiger partial charge in [-0.25, -0.2) is 0 Å². The van der Waals surface area contributed by atoms with E-state index in [-0.39, 0.29) is 0 Å². The van der Waals surface area contributed by atoms with Crippen molar-refractivity contribution in [2.24, 2.45) is 0 Å². The third-order valence-corrected chi connectivity index (χ3v) is 6.96. The van der Waals surface area contributed by atoms with Crippen LogP contribution in [0.1, 0.15) is 32.6 Å². The van der Waals surface area contributed by atoms with Gasteiger partial charge in [0.1, 0.15) is 17.7 Å². The molecule has 9 nitrogen and oxygen atoms in total. The maximum absolute atomic E-state index is 10.2. The molecule has 1 unspecified atom stereocenters. The molecule has 0 spiro atoms. The van der Waals surface area contributed by atoms with Crippen molar-refractivity contribution < 1.29 is 24.1 Å². The molecule has 1 fully saturated rings. The summed E-state index contributed by atoms with van der Waals surface area (Å²) >= 11 is 6.48. The number of aromatic nitrogens is 1. The number of nitrogens with one attached hydrogen (secondary N) is 2. The fourth-order valence-electron chi connectivity index (χ4n) is 4.63. The molecule has 218 valence electrons. The number of hydrogen-bond donors (Lipinski definition) is 3. The zero-order valence-electron chi connectivity index (χ0n) is 23.5. The second-order valence-electron chi connectivity index (χ2n) is 9.80. The highest BCUT2D eigenvalue weighted by molar-refractivity contribution is 6.33. The molecule has 1 atom stereocenters. The molecule has 3 N–H and O–H groups in total. The van der Waals surface area contributed by atoms with Crippen molar-refractivity contribution in [3.05, 3.63) is 47.6 Å². The van der Waals surface area contributed by atoms with E-state index in [0.717, 1.165) is 76.0 Å². The summed E-state index contributed by atoms with van der Waals surface area (Å²) < 4.78 is 23.5. The summed E-state index contributed by atoms with van der Waals surface area (Å²) in [6.07, 6.45) is 5.02. The number of benzene rings is 2. The van der Waals surface area contributed by atoms with Gasteiger partial charge in [-0.05, 0) is 56.5 Å². The summed E-state index contributed by atoms with van der Waals surface area (Å²) in [5.74, 6) is 2.47. The molecule has 0 amide bonds. The molecule has 1 aliphatic rings. The fraction of sp³-hybridized carbons (Fsp3) is 0.500. The number of rotatable bonds is 14. The van der Waals surface area contributed by atoms with Gasteiger partial charge in [-0.3, -0.25) is 4.98 Å². The van der Waals surface area contributed by atoms with Crippen LogP contribution in [0.25, 0.3) is 10.9 Å². The predicted molar refractivity (Wildman–Crippen MR) is 159 cm³/mol. The number of pyridine rings is 1. The summed E-state index contributed by atoms with van der Waals surface area (Å²) in [5.41, 5.74) is 1.37. The number of methoxy groups -OCH3 is 1. The Hall–Kier alpha value is -2.82. The Morgan fingerprint density at radius 1 is 1.10 bits per heavy atom. The van der Waals surface area contributed by atoms with E-state index in [9.17, 15) is 5.11 Å². The molecule has 0 saturated carbocycles. The van der Waals surface area contributed by atoms with Gasteiger partial charge in [0.05, 0.1) is 29.9 Å². The summed E-state index contributed by atoms with van der Waals surface area (Å²) in [5, 5.41) is 17.6. The highest BCUT2D eigenvalue weighted by Gasteiger charge is 2.14. The quantitative estimate of drug-likeness (QED) is 0.176. The van der Waals surface area contributed by atoms with Crippen LogP contribution in [-0.2, 0) is 4.74 Å². The molecule has 3 aromatic rings. The maximum atomic E-state index is 10.2. The summed E-state index contributed by atoms with van der Waals surface area (Å²) in [7, 11) is 1.63. The zero-order valence-corrected chi connectivity index (χ0v) is 24.2. The van der Waals surface area contributed by atoms with Gasteiger partial charge >= 0.3 is 0 Å². The number of aliphatic hydroxyl groups excluding tert-OH is 1. The highest BCUT2D eigenvalue weighted by Crippen LogP contribution is 2.38. The molecular weight excluding hydrogens is 532 g/mol. The van der Waals surface area contributed by atoms with Crippen LogP contribution in [-0.4, -0.2) is 80.9 Å². The van der Waals surface area contributed by atoms with E-state index in [4.69, 9.17) is 30.5 Å². The number of ether oxygens (including phenoxy) is 4. The summed E-state index contributed by atoms with van der Waals surface area (Å²) in [6.45, 7) is 8.75. The first kappa shape index (κ1) is 30.1. The third kappa shape index (κ3) is 8.84. The first-order valence-electron chi connectivity index (χ1n) is 14.1. The van der Waals surface area contributed by atoms with Gasteiger partial charge in [-0.1, -0.05) is 18.5 Å². The van der Waals surface area contributed by atoms with E-state index < -0.39 is 6.23 Å². The minimum atomic E-state index is -0.752. The van der Waals surface area contributed by atoms with E-state index >= 15 is 0 Å². The molecule has 1 aliphatic heterocycles. The largest absolute Gasteiger partial charge is 0.493 e. The Balaban J connectivity index is 1.39. The van der Waals surface area contributed by atoms with Gasteiger partial charge in [0, 0.05) is 63.1 Å². The van der Waals surface area contributed by atoms with Crippen LogP contribution in [0.4, 0.5) is 5.69 Å². The zero-order chi connectivity index (χ0) is 28.2. The lowest BCUT2D eigenvalue weighted by Gasteiger charge is -2.24. The van der Waals surface area contributed by atoms with E-state index in [1.165, 1.54) is 0 Å². The number of nitrogens with zero attached hydrogens (tertiary/aromatic N) is 2. The number of anilines is 1. The first-order valence-corrected chi connectivity index (χ1v) is 14.5. The lowest BCUT2D eigenvalue weighted by molar-refractivity contribution is 0.0868. The van der Waals surface area contributed by atoms with Crippen LogP contribution in [0.15, 0.2) is 42.6 Å². The number of halogens is 1.